The summed E-state index contributed by atoms with van der Waals surface area (Å²) in [6, 6.07) is 14.4. The van der Waals surface area contributed by atoms with Crippen LogP contribution in [-0.2, 0) is 0 Å². The van der Waals surface area contributed by atoms with Crippen LogP contribution < -0.4 is 4.74 Å². The number of Topliss-reactive ketones (excluding diaryl/α,β-unsaturated/α-hetero) is 1. The first-order chi connectivity index (χ1) is 12.2. The van der Waals surface area contributed by atoms with E-state index >= 15 is 0 Å². The topological polar surface area (TPSA) is 43.4 Å². The molecule has 132 valence electrons. The molecule has 2 aromatic carbocycles. The van der Waals surface area contributed by atoms with Crippen molar-refractivity contribution in [2.75, 3.05) is 6.61 Å². The summed E-state index contributed by atoms with van der Waals surface area (Å²) in [6.07, 6.45) is 4.28. The highest BCUT2D eigenvalue weighted by Crippen LogP contribution is 2.27. The van der Waals surface area contributed by atoms with Gasteiger partial charge in [0.2, 0.25) is 0 Å². The average molecular weight is 338 g/mol. The van der Waals surface area contributed by atoms with E-state index in [1.165, 1.54) is 0 Å². The molecule has 0 aliphatic rings. The van der Waals surface area contributed by atoms with E-state index < -0.39 is 0 Å². The molecule has 0 spiro atoms. The lowest BCUT2D eigenvalue weighted by atomic mass is 9.93. The molecule has 3 heteroatoms. The summed E-state index contributed by atoms with van der Waals surface area (Å²) < 4.78 is 5.86. The van der Waals surface area contributed by atoms with Crippen molar-refractivity contribution in [3.63, 3.8) is 0 Å². The first-order valence-corrected chi connectivity index (χ1v) is 9.07. The molecular formula is C22H26O3. The minimum atomic E-state index is -0.140. The van der Waals surface area contributed by atoms with Gasteiger partial charge in [0.25, 0.3) is 0 Å². The number of ketones is 2. The Kier molecular flexibility index (Phi) is 7.39. The second kappa shape index (κ2) is 9.77. The van der Waals surface area contributed by atoms with Gasteiger partial charge in [-0.05, 0) is 18.9 Å². The van der Waals surface area contributed by atoms with Gasteiger partial charge < -0.3 is 4.74 Å². The molecule has 0 N–H and O–H groups in total. The van der Waals surface area contributed by atoms with E-state index in [1.807, 2.05) is 25.1 Å². The van der Waals surface area contributed by atoms with Gasteiger partial charge in [-0.2, -0.15) is 0 Å². The largest absolute Gasteiger partial charge is 0.493 e. The van der Waals surface area contributed by atoms with Crippen LogP contribution in [0.25, 0.3) is 0 Å². The van der Waals surface area contributed by atoms with Gasteiger partial charge in [0.1, 0.15) is 5.75 Å². The maximum absolute atomic E-state index is 12.9. The Hall–Kier alpha value is -2.42. The third-order valence-electron chi connectivity index (χ3n) is 4.07. The fourth-order valence-electron chi connectivity index (χ4n) is 2.76. The predicted molar refractivity (Wildman–Crippen MR) is 101 cm³/mol. The second-order valence-electron chi connectivity index (χ2n) is 6.10. The Labute approximate surface area is 150 Å². The van der Waals surface area contributed by atoms with Gasteiger partial charge in [-0.1, -0.05) is 69.2 Å². The number of carbonyl (C=O) groups excluding carboxylic acids is 2. The maximum atomic E-state index is 12.9. The van der Waals surface area contributed by atoms with Crippen molar-refractivity contribution < 1.29 is 14.3 Å². The molecule has 0 saturated heterocycles. The molecule has 25 heavy (non-hydrogen) atoms. The van der Waals surface area contributed by atoms with Crippen molar-refractivity contribution >= 4 is 11.6 Å². The number of ether oxygens (including phenoxy) is 1. The molecule has 0 bridgehead atoms. The normalized spacial score (nSPS) is 10.5. The standard InChI is InChI=1S/C22H26O3/c1-3-5-9-16-25-20-15-10-14-18(21(20)19(23)11-4-2)22(24)17-12-7-6-8-13-17/h6-8,10,12-15H,3-5,9,11,16H2,1-2H3. The zero-order valence-corrected chi connectivity index (χ0v) is 15.1. The van der Waals surface area contributed by atoms with Gasteiger partial charge in [-0.25, -0.2) is 0 Å². The molecule has 0 heterocycles. The summed E-state index contributed by atoms with van der Waals surface area (Å²) in [5.74, 6) is 0.350. The lowest BCUT2D eigenvalue weighted by Gasteiger charge is -2.14. The van der Waals surface area contributed by atoms with Crippen molar-refractivity contribution in [3.05, 3.63) is 65.2 Å². The van der Waals surface area contributed by atoms with E-state index in [0.717, 1.165) is 25.7 Å². The maximum Gasteiger partial charge on any atom is 0.193 e. The minimum Gasteiger partial charge on any atom is -0.493 e. The molecular weight excluding hydrogens is 312 g/mol. The van der Waals surface area contributed by atoms with Crippen LogP contribution in [0.15, 0.2) is 48.5 Å². The Balaban J connectivity index is 2.37. The van der Waals surface area contributed by atoms with Crippen molar-refractivity contribution in [3.8, 4) is 5.75 Å². The first-order valence-electron chi connectivity index (χ1n) is 9.07. The third-order valence-corrected chi connectivity index (χ3v) is 4.07. The molecule has 0 fully saturated rings. The van der Waals surface area contributed by atoms with Crippen LogP contribution >= 0.6 is 0 Å². The molecule has 2 rings (SSSR count). The Morgan fingerprint density at radius 2 is 1.64 bits per heavy atom. The molecule has 0 aliphatic carbocycles. The van der Waals surface area contributed by atoms with Gasteiger partial charge in [0, 0.05) is 17.5 Å². The Bertz CT molecular complexity index is 704. The van der Waals surface area contributed by atoms with Crippen LogP contribution in [0.2, 0.25) is 0 Å². The van der Waals surface area contributed by atoms with Gasteiger partial charge in [0.05, 0.1) is 12.2 Å². The van der Waals surface area contributed by atoms with Gasteiger partial charge >= 0.3 is 0 Å². The van der Waals surface area contributed by atoms with Crippen LogP contribution in [0.3, 0.4) is 0 Å². The SMILES string of the molecule is CCCCCOc1cccc(C(=O)c2ccccc2)c1C(=O)CCC. The molecule has 0 radical (unpaired) electrons. The number of carbonyl (C=O) groups is 2. The third kappa shape index (κ3) is 5.02. The van der Waals surface area contributed by atoms with Crippen molar-refractivity contribution in [2.45, 2.75) is 46.0 Å². The van der Waals surface area contributed by atoms with E-state index in [4.69, 9.17) is 4.74 Å². The molecule has 0 aliphatic heterocycles. The summed E-state index contributed by atoms with van der Waals surface area (Å²) >= 11 is 0. The van der Waals surface area contributed by atoms with E-state index in [0.29, 0.717) is 35.5 Å². The first kappa shape index (κ1) is 18.9. The molecule has 2 aromatic rings. The molecule has 3 nitrogen and oxygen atoms in total. The summed E-state index contributed by atoms with van der Waals surface area (Å²) in [5.41, 5.74) is 1.43. The Morgan fingerprint density at radius 1 is 0.880 bits per heavy atom. The van der Waals surface area contributed by atoms with Crippen LogP contribution in [0.1, 0.15) is 72.2 Å². The van der Waals surface area contributed by atoms with Crippen LogP contribution in [0.5, 0.6) is 5.75 Å². The van der Waals surface area contributed by atoms with Gasteiger partial charge in [0.15, 0.2) is 11.6 Å². The number of hydrogen-bond acceptors (Lipinski definition) is 3. The van der Waals surface area contributed by atoms with Gasteiger partial charge in [-0.3, -0.25) is 9.59 Å². The fraction of sp³-hybridized carbons (Fsp3) is 0.364. The molecule has 0 amide bonds. The van der Waals surface area contributed by atoms with E-state index in [1.54, 1.807) is 30.3 Å². The van der Waals surface area contributed by atoms with Crippen molar-refractivity contribution in [1.82, 2.24) is 0 Å². The average Bonchev–Trinajstić information content (AvgIpc) is 2.65. The summed E-state index contributed by atoms with van der Waals surface area (Å²) in [7, 11) is 0. The quantitative estimate of drug-likeness (QED) is 0.426. The monoisotopic (exact) mass is 338 g/mol. The minimum absolute atomic E-state index is 0.0344. The fourth-order valence-corrected chi connectivity index (χ4v) is 2.76. The molecule has 0 unspecified atom stereocenters. The lowest BCUT2D eigenvalue weighted by Crippen LogP contribution is -2.13. The van der Waals surface area contributed by atoms with Crippen LogP contribution in [0.4, 0.5) is 0 Å². The van der Waals surface area contributed by atoms with E-state index in [2.05, 4.69) is 6.92 Å². The zero-order valence-electron chi connectivity index (χ0n) is 15.1. The Morgan fingerprint density at radius 3 is 2.32 bits per heavy atom. The summed E-state index contributed by atoms with van der Waals surface area (Å²) in [4.78, 5) is 25.6. The number of benzene rings is 2. The zero-order chi connectivity index (χ0) is 18.1. The van der Waals surface area contributed by atoms with Gasteiger partial charge in [-0.15, -0.1) is 0 Å². The number of rotatable bonds is 10. The second-order valence-corrected chi connectivity index (χ2v) is 6.10. The summed E-state index contributed by atoms with van der Waals surface area (Å²) in [6.45, 7) is 4.65. The van der Waals surface area contributed by atoms with Crippen molar-refractivity contribution in [2.24, 2.45) is 0 Å². The van der Waals surface area contributed by atoms with E-state index in [9.17, 15) is 9.59 Å². The molecule has 0 atom stereocenters. The molecule has 0 aromatic heterocycles. The highest BCUT2D eigenvalue weighted by atomic mass is 16.5. The van der Waals surface area contributed by atoms with Crippen molar-refractivity contribution in [1.29, 1.82) is 0 Å². The van der Waals surface area contributed by atoms with E-state index in [-0.39, 0.29) is 11.6 Å². The lowest BCUT2D eigenvalue weighted by molar-refractivity contribution is 0.0962. The molecule has 0 saturated carbocycles. The smallest absolute Gasteiger partial charge is 0.193 e. The number of unbranched alkanes of at least 4 members (excludes halogenated alkanes) is 2. The number of hydrogen-bond donors (Lipinski definition) is 0. The predicted octanol–water partition coefficient (Wildman–Crippen LogP) is 5.47. The van der Waals surface area contributed by atoms with Crippen LogP contribution in [-0.4, -0.2) is 18.2 Å². The highest BCUT2D eigenvalue weighted by Gasteiger charge is 2.22. The highest BCUT2D eigenvalue weighted by molar-refractivity contribution is 6.16. The summed E-state index contributed by atoms with van der Waals surface area (Å²) in [5, 5.41) is 0. The van der Waals surface area contributed by atoms with Crippen LogP contribution in [0, 0.1) is 0 Å².